The minimum absolute atomic E-state index is 0.0691. The molecule has 0 spiro atoms. The van der Waals surface area contributed by atoms with E-state index >= 15 is 0 Å². The molecule has 2 fully saturated rings. The highest BCUT2D eigenvalue weighted by molar-refractivity contribution is 5.94. The van der Waals surface area contributed by atoms with E-state index in [2.05, 4.69) is 6.92 Å². The molecule has 23 heavy (non-hydrogen) atoms. The van der Waals surface area contributed by atoms with Crippen LogP contribution in [-0.2, 0) is 0 Å². The summed E-state index contributed by atoms with van der Waals surface area (Å²) in [4.78, 5) is 14.5. The summed E-state index contributed by atoms with van der Waals surface area (Å²) in [6.07, 6.45) is 7.46. The Morgan fingerprint density at radius 1 is 1.26 bits per heavy atom. The summed E-state index contributed by atoms with van der Waals surface area (Å²) in [6.45, 7) is 4.34. The lowest BCUT2D eigenvalue weighted by atomic mass is 9.90. The second-order valence-corrected chi connectivity index (χ2v) is 7.39. The summed E-state index contributed by atoms with van der Waals surface area (Å²) in [7, 11) is 0. The van der Waals surface area contributed by atoms with Gasteiger partial charge < -0.3 is 15.4 Å². The molecule has 2 aliphatic rings. The summed E-state index contributed by atoms with van der Waals surface area (Å²) < 4.78 is 6.02. The first-order valence-electron chi connectivity index (χ1n) is 8.86. The maximum atomic E-state index is 12.6. The molecule has 0 aromatic heterocycles. The summed E-state index contributed by atoms with van der Waals surface area (Å²) in [5.41, 5.74) is 6.63. The van der Waals surface area contributed by atoms with Crippen LogP contribution in [0.25, 0.3) is 0 Å². The molecule has 0 bridgehead atoms. The molecule has 1 saturated carbocycles. The number of likely N-dealkylation sites (tertiary alicyclic amines) is 1. The summed E-state index contributed by atoms with van der Waals surface area (Å²) >= 11 is 0. The summed E-state index contributed by atoms with van der Waals surface area (Å²) in [6, 6.07) is 7.64. The van der Waals surface area contributed by atoms with E-state index in [4.69, 9.17) is 10.5 Å². The molecule has 0 radical (unpaired) electrons. The van der Waals surface area contributed by atoms with Crippen LogP contribution in [-0.4, -0.2) is 36.5 Å². The molecule has 1 aromatic rings. The maximum Gasteiger partial charge on any atom is 0.253 e. The van der Waals surface area contributed by atoms with E-state index in [-0.39, 0.29) is 11.3 Å². The van der Waals surface area contributed by atoms with Crippen molar-refractivity contribution in [2.24, 2.45) is 11.1 Å². The van der Waals surface area contributed by atoms with Gasteiger partial charge in [-0.3, -0.25) is 4.79 Å². The summed E-state index contributed by atoms with van der Waals surface area (Å²) in [5, 5.41) is 0. The lowest BCUT2D eigenvalue weighted by molar-refractivity contribution is 0.0777. The normalized spacial score (nSPS) is 25.6. The lowest BCUT2D eigenvalue weighted by Crippen LogP contribution is -2.34. The number of amides is 1. The lowest BCUT2D eigenvalue weighted by Gasteiger charge is -2.24. The van der Waals surface area contributed by atoms with Gasteiger partial charge in [0.05, 0.1) is 6.10 Å². The molecule has 126 valence electrons. The number of hydrogen-bond acceptors (Lipinski definition) is 3. The summed E-state index contributed by atoms with van der Waals surface area (Å²) in [5.74, 6) is 0.980. The molecular formula is C19H28N2O2. The third kappa shape index (κ3) is 3.86. The Morgan fingerprint density at radius 2 is 1.96 bits per heavy atom. The number of benzene rings is 1. The minimum atomic E-state index is 0.0691. The Morgan fingerprint density at radius 3 is 2.57 bits per heavy atom. The van der Waals surface area contributed by atoms with Crippen molar-refractivity contribution >= 4 is 5.91 Å². The van der Waals surface area contributed by atoms with Crippen molar-refractivity contribution in [2.75, 3.05) is 19.6 Å². The molecule has 4 nitrogen and oxygen atoms in total. The molecule has 1 heterocycles. The highest BCUT2D eigenvalue weighted by Gasteiger charge is 2.35. The molecule has 1 amide bonds. The van der Waals surface area contributed by atoms with Gasteiger partial charge in [-0.25, -0.2) is 0 Å². The molecule has 3 rings (SSSR count). The van der Waals surface area contributed by atoms with Gasteiger partial charge in [-0.15, -0.1) is 0 Å². The van der Waals surface area contributed by atoms with Crippen molar-refractivity contribution in [1.29, 1.82) is 0 Å². The Bertz CT molecular complexity index is 537. The fraction of sp³-hybridized carbons (Fsp3) is 0.632. The van der Waals surface area contributed by atoms with E-state index in [0.717, 1.165) is 43.7 Å². The zero-order chi connectivity index (χ0) is 16.3. The largest absolute Gasteiger partial charge is 0.490 e. The monoisotopic (exact) mass is 316 g/mol. The third-order valence-corrected chi connectivity index (χ3v) is 5.29. The van der Waals surface area contributed by atoms with Gasteiger partial charge in [0, 0.05) is 18.7 Å². The van der Waals surface area contributed by atoms with Crippen LogP contribution in [0.4, 0.5) is 0 Å². The topological polar surface area (TPSA) is 55.6 Å². The smallest absolute Gasteiger partial charge is 0.253 e. The van der Waals surface area contributed by atoms with E-state index in [1.807, 2.05) is 29.2 Å². The van der Waals surface area contributed by atoms with E-state index in [1.54, 1.807) is 0 Å². The SMILES string of the molecule is CC1(CN)CCN(C(=O)c2ccc(OC3CCCCC3)cc2)C1. The van der Waals surface area contributed by atoms with E-state index in [0.29, 0.717) is 12.6 Å². The van der Waals surface area contributed by atoms with Gasteiger partial charge in [0.25, 0.3) is 5.91 Å². The highest BCUT2D eigenvalue weighted by Crippen LogP contribution is 2.30. The van der Waals surface area contributed by atoms with Crippen molar-refractivity contribution in [2.45, 2.75) is 51.6 Å². The van der Waals surface area contributed by atoms with Gasteiger partial charge >= 0.3 is 0 Å². The number of carbonyl (C=O) groups excluding carboxylic acids is 1. The van der Waals surface area contributed by atoms with Gasteiger partial charge in [-0.2, -0.15) is 0 Å². The van der Waals surface area contributed by atoms with Gasteiger partial charge in [0.15, 0.2) is 0 Å². The van der Waals surface area contributed by atoms with Crippen LogP contribution in [0.15, 0.2) is 24.3 Å². The Hall–Kier alpha value is -1.55. The van der Waals surface area contributed by atoms with Crippen molar-refractivity contribution in [3.05, 3.63) is 29.8 Å². The molecule has 1 aromatic carbocycles. The Kier molecular flexibility index (Phi) is 4.90. The molecule has 1 aliphatic heterocycles. The zero-order valence-electron chi connectivity index (χ0n) is 14.1. The predicted octanol–water partition coefficient (Wildman–Crippen LogP) is 3.21. The predicted molar refractivity (Wildman–Crippen MR) is 91.6 cm³/mol. The average Bonchev–Trinajstić information content (AvgIpc) is 2.99. The number of nitrogens with zero attached hydrogens (tertiary/aromatic N) is 1. The van der Waals surface area contributed by atoms with Gasteiger partial charge in [-0.1, -0.05) is 13.3 Å². The van der Waals surface area contributed by atoms with Crippen molar-refractivity contribution in [1.82, 2.24) is 4.90 Å². The molecule has 1 aliphatic carbocycles. The standard InChI is InChI=1S/C19H28N2O2/c1-19(13-20)11-12-21(14-19)18(22)15-7-9-17(10-8-15)23-16-5-3-2-4-6-16/h7-10,16H,2-6,11-14,20H2,1H3. The first-order chi connectivity index (χ1) is 11.1. The van der Waals surface area contributed by atoms with Crippen LogP contribution in [0.5, 0.6) is 5.75 Å². The fourth-order valence-electron chi connectivity index (χ4n) is 3.60. The highest BCUT2D eigenvalue weighted by atomic mass is 16.5. The number of hydrogen-bond donors (Lipinski definition) is 1. The van der Waals surface area contributed by atoms with Gasteiger partial charge in [0.2, 0.25) is 0 Å². The van der Waals surface area contributed by atoms with Crippen LogP contribution in [0.1, 0.15) is 55.8 Å². The maximum absolute atomic E-state index is 12.6. The Labute approximate surface area is 139 Å². The molecule has 4 heteroatoms. The van der Waals surface area contributed by atoms with E-state index < -0.39 is 0 Å². The fourth-order valence-corrected chi connectivity index (χ4v) is 3.60. The number of ether oxygens (including phenoxy) is 1. The van der Waals surface area contributed by atoms with Crippen LogP contribution >= 0.6 is 0 Å². The molecular weight excluding hydrogens is 288 g/mol. The van der Waals surface area contributed by atoms with Crippen molar-refractivity contribution < 1.29 is 9.53 Å². The second-order valence-electron chi connectivity index (χ2n) is 7.39. The number of rotatable bonds is 4. The van der Waals surface area contributed by atoms with Crippen molar-refractivity contribution in [3.8, 4) is 5.75 Å². The first-order valence-corrected chi connectivity index (χ1v) is 8.86. The minimum Gasteiger partial charge on any atom is -0.490 e. The second kappa shape index (κ2) is 6.91. The van der Waals surface area contributed by atoms with Crippen LogP contribution in [0.3, 0.4) is 0 Å². The molecule has 2 N–H and O–H groups in total. The molecule has 1 unspecified atom stereocenters. The van der Waals surface area contributed by atoms with Crippen LogP contribution < -0.4 is 10.5 Å². The van der Waals surface area contributed by atoms with Gasteiger partial charge in [0.1, 0.15) is 5.75 Å². The molecule has 1 atom stereocenters. The van der Waals surface area contributed by atoms with Crippen LogP contribution in [0.2, 0.25) is 0 Å². The Balaban J connectivity index is 1.59. The quantitative estimate of drug-likeness (QED) is 0.928. The van der Waals surface area contributed by atoms with Crippen LogP contribution in [0, 0.1) is 5.41 Å². The van der Waals surface area contributed by atoms with Crippen molar-refractivity contribution in [3.63, 3.8) is 0 Å². The number of nitrogens with two attached hydrogens (primary N) is 1. The third-order valence-electron chi connectivity index (χ3n) is 5.29. The zero-order valence-corrected chi connectivity index (χ0v) is 14.1. The van der Waals surface area contributed by atoms with E-state index in [9.17, 15) is 4.79 Å². The van der Waals surface area contributed by atoms with Gasteiger partial charge in [-0.05, 0) is 68.3 Å². The number of carbonyl (C=O) groups is 1. The molecule has 1 saturated heterocycles. The first kappa shape index (κ1) is 16.3. The van der Waals surface area contributed by atoms with E-state index in [1.165, 1.54) is 19.3 Å². The average molecular weight is 316 g/mol.